The van der Waals surface area contributed by atoms with Crippen molar-refractivity contribution in [2.45, 2.75) is 25.7 Å². The molecular formula is C11H21N3O. The van der Waals surface area contributed by atoms with Gasteiger partial charge in [0.1, 0.15) is 0 Å². The van der Waals surface area contributed by atoms with Crippen LogP contribution in [0.3, 0.4) is 0 Å². The van der Waals surface area contributed by atoms with Crippen LogP contribution in [0.15, 0.2) is 4.99 Å². The summed E-state index contributed by atoms with van der Waals surface area (Å²) < 4.78 is 5.35. The van der Waals surface area contributed by atoms with E-state index in [0.29, 0.717) is 0 Å². The van der Waals surface area contributed by atoms with Gasteiger partial charge in [0.15, 0.2) is 5.96 Å². The maximum absolute atomic E-state index is 5.35. The SMILES string of the molecule is C1CCNC(NCC[C@@H]2CCOC2)=NC1. The molecule has 0 radical (unpaired) electrons. The summed E-state index contributed by atoms with van der Waals surface area (Å²) in [6, 6.07) is 0. The molecule has 0 unspecified atom stereocenters. The van der Waals surface area contributed by atoms with Gasteiger partial charge in [-0.3, -0.25) is 4.99 Å². The van der Waals surface area contributed by atoms with Gasteiger partial charge in [-0.1, -0.05) is 0 Å². The van der Waals surface area contributed by atoms with E-state index >= 15 is 0 Å². The van der Waals surface area contributed by atoms with Gasteiger partial charge in [0.25, 0.3) is 0 Å². The highest BCUT2D eigenvalue weighted by Gasteiger charge is 2.15. The number of guanidine groups is 1. The van der Waals surface area contributed by atoms with Crippen LogP contribution in [-0.4, -0.2) is 38.8 Å². The monoisotopic (exact) mass is 211 g/mol. The average molecular weight is 211 g/mol. The van der Waals surface area contributed by atoms with Gasteiger partial charge in [0.05, 0.1) is 0 Å². The summed E-state index contributed by atoms with van der Waals surface area (Å²) in [6.07, 6.45) is 4.85. The zero-order chi connectivity index (χ0) is 10.3. The molecule has 2 aliphatic heterocycles. The molecule has 4 heteroatoms. The van der Waals surface area contributed by atoms with Crippen LogP contribution in [0.5, 0.6) is 0 Å². The van der Waals surface area contributed by atoms with Crippen LogP contribution in [0.2, 0.25) is 0 Å². The molecule has 15 heavy (non-hydrogen) atoms. The van der Waals surface area contributed by atoms with Crippen LogP contribution >= 0.6 is 0 Å². The molecule has 0 amide bonds. The molecule has 4 nitrogen and oxygen atoms in total. The Hall–Kier alpha value is -0.770. The fourth-order valence-corrected chi connectivity index (χ4v) is 2.01. The van der Waals surface area contributed by atoms with E-state index in [1.165, 1.54) is 25.7 Å². The number of nitrogens with zero attached hydrogens (tertiary/aromatic N) is 1. The lowest BCUT2D eigenvalue weighted by Gasteiger charge is -2.11. The van der Waals surface area contributed by atoms with Gasteiger partial charge in [-0.25, -0.2) is 0 Å². The molecule has 2 rings (SSSR count). The summed E-state index contributed by atoms with van der Waals surface area (Å²) in [6.45, 7) is 4.92. The molecule has 0 bridgehead atoms. The second-order valence-corrected chi connectivity index (χ2v) is 4.31. The third-order valence-corrected chi connectivity index (χ3v) is 3.02. The lowest BCUT2D eigenvalue weighted by Crippen LogP contribution is -2.38. The van der Waals surface area contributed by atoms with E-state index in [4.69, 9.17) is 4.74 Å². The number of aliphatic imine (C=N–C) groups is 1. The molecule has 0 aromatic heterocycles. The maximum Gasteiger partial charge on any atom is 0.191 e. The fourth-order valence-electron chi connectivity index (χ4n) is 2.01. The summed E-state index contributed by atoms with van der Waals surface area (Å²) >= 11 is 0. The van der Waals surface area contributed by atoms with Crippen LogP contribution in [0.1, 0.15) is 25.7 Å². The minimum Gasteiger partial charge on any atom is -0.381 e. The van der Waals surface area contributed by atoms with E-state index in [-0.39, 0.29) is 0 Å². The number of ether oxygens (including phenoxy) is 1. The molecule has 0 saturated carbocycles. The normalized spacial score (nSPS) is 26.7. The van der Waals surface area contributed by atoms with E-state index in [1.54, 1.807) is 0 Å². The van der Waals surface area contributed by atoms with Crippen molar-refractivity contribution in [2.75, 3.05) is 32.8 Å². The molecule has 1 atom stereocenters. The summed E-state index contributed by atoms with van der Waals surface area (Å²) in [7, 11) is 0. The quantitative estimate of drug-likeness (QED) is 0.724. The van der Waals surface area contributed by atoms with Crippen LogP contribution < -0.4 is 10.6 Å². The van der Waals surface area contributed by atoms with Gasteiger partial charge >= 0.3 is 0 Å². The zero-order valence-electron chi connectivity index (χ0n) is 9.30. The van der Waals surface area contributed by atoms with E-state index in [9.17, 15) is 0 Å². The number of hydrogen-bond acceptors (Lipinski definition) is 4. The molecule has 2 N–H and O–H groups in total. The van der Waals surface area contributed by atoms with Crippen molar-refractivity contribution in [1.82, 2.24) is 10.6 Å². The number of nitrogens with one attached hydrogen (secondary N) is 2. The van der Waals surface area contributed by atoms with Crippen LogP contribution in [0.25, 0.3) is 0 Å². The summed E-state index contributed by atoms with van der Waals surface area (Å²) in [4.78, 5) is 4.45. The topological polar surface area (TPSA) is 45.6 Å². The fraction of sp³-hybridized carbons (Fsp3) is 0.909. The van der Waals surface area contributed by atoms with Crippen molar-refractivity contribution in [3.63, 3.8) is 0 Å². The van der Waals surface area contributed by atoms with Crippen LogP contribution in [0.4, 0.5) is 0 Å². The van der Waals surface area contributed by atoms with Gasteiger partial charge in [0.2, 0.25) is 0 Å². The predicted molar refractivity (Wildman–Crippen MR) is 61.1 cm³/mol. The molecule has 2 heterocycles. The first-order valence-electron chi connectivity index (χ1n) is 6.05. The molecule has 2 aliphatic rings. The van der Waals surface area contributed by atoms with Crippen molar-refractivity contribution in [3.05, 3.63) is 0 Å². The Morgan fingerprint density at radius 3 is 3.33 bits per heavy atom. The zero-order valence-corrected chi connectivity index (χ0v) is 9.30. The molecule has 0 aromatic rings. The Morgan fingerprint density at radius 2 is 2.47 bits per heavy atom. The average Bonchev–Trinajstić information content (AvgIpc) is 2.62. The Kier molecular flexibility index (Phi) is 4.26. The minimum absolute atomic E-state index is 0.754. The molecule has 86 valence electrons. The van der Waals surface area contributed by atoms with E-state index in [1.807, 2.05) is 0 Å². The van der Waals surface area contributed by atoms with Crippen molar-refractivity contribution in [2.24, 2.45) is 10.9 Å². The molecule has 0 aromatic carbocycles. The largest absolute Gasteiger partial charge is 0.381 e. The Balaban J connectivity index is 1.61. The Bertz CT molecular complexity index is 212. The van der Waals surface area contributed by atoms with Gasteiger partial charge in [-0.15, -0.1) is 0 Å². The van der Waals surface area contributed by atoms with E-state index in [2.05, 4.69) is 15.6 Å². The van der Waals surface area contributed by atoms with E-state index < -0.39 is 0 Å². The van der Waals surface area contributed by atoms with Crippen molar-refractivity contribution >= 4 is 5.96 Å². The minimum atomic E-state index is 0.754. The lowest BCUT2D eigenvalue weighted by molar-refractivity contribution is 0.184. The lowest BCUT2D eigenvalue weighted by atomic mass is 10.1. The summed E-state index contributed by atoms with van der Waals surface area (Å²) in [5, 5.41) is 6.69. The number of rotatable bonds is 3. The third kappa shape index (κ3) is 3.70. The number of hydrogen-bond donors (Lipinski definition) is 2. The molecular weight excluding hydrogens is 190 g/mol. The standard InChI is InChI=1S/C11H21N3O/c1-2-6-13-11(12-5-1)14-7-3-10-4-8-15-9-10/h10H,1-9H2,(H2,12,13,14)/t10-/m1/s1. The van der Waals surface area contributed by atoms with Crippen LogP contribution in [0, 0.1) is 5.92 Å². The Morgan fingerprint density at radius 1 is 1.47 bits per heavy atom. The van der Waals surface area contributed by atoms with Gasteiger partial charge in [-0.2, -0.15) is 0 Å². The highest BCUT2D eigenvalue weighted by Crippen LogP contribution is 2.15. The third-order valence-electron chi connectivity index (χ3n) is 3.02. The Labute approximate surface area is 91.5 Å². The highest BCUT2D eigenvalue weighted by atomic mass is 16.5. The van der Waals surface area contributed by atoms with Crippen molar-refractivity contribution in [3.8, 4) is 0 Å². The summed E-state index contributed by atoms with van der Waals surface area (Å²) in [5.74, 6) is 1.75. The first-order chi connectivity index (χ1) is 7.45. The first-order valence-corrected chi connectivity index (χ1v) is 6.05. The molecule has 0 aliphatic carbocycles. The predicted octanol–water partition coefficient (Wildman–Crippen LogP) is 0.742. The highest BCUT2D eigenvalue weighted by molar-refractivity contribution is 5.79. The van der Waals surface area contributed by atoms with Crippen LogP contribution in [-0.2, 0) is 4.74 Å². The maximum atomic E-state index is 5.35. The van der Waals surface area contributed by atoms with Gasteiger partial charge in [-0.05, 0) is 31.6 Å². The smallest absolute Gasteiger partial charge is 0.191 e. The molecule has 0 spiro atoms. The van der Waals surface area contributed by atoms with Gasteiger partial charge < -0.3 is 15.4 Å². The molecule has 1 saturated heterocycles. The van der Waals surface area contributed by atoms with Gasteiger partial charge in [0, 0.05) is 32.8 Å². The summed E-state index contributed by atoms with van der Waals surface area (Å²) in [5.41, 5.74) is 0. The second kappa shape index (κ2) is 5.95. The van der Waals surface area contributed by atoms with Crippen molar-refractivity contribution in [1.29, 1.82) is 0 Å². The molecule has 1 fully saturated rings. The first kappa shape index (κ1) is 10.7. The van der Waals surface area contributed by atoms with Crippen molar-refractivity contribution < 1.29 is 4.74 Å². The second-order valence-electron chi connectivity index (χ2n) is 4.31. The van der Waals surface area contributed by atoms with E-state index in [0.717, 1.165) is 44.7 Å².